The van der Waals surface area contributed by atoms with Crippen molar-refractivity contribution < 1.29 is 48.5 Å². The van der Waals surface area contributed by atoms with Crippen LogP contribution in [0.5, 0.6) is 0 Å². The summed E-state index contributed by atoms with van der Waals surface area (Å²) >= 11 is 0. The number of hydrogen-bond acceptors (Lipinski definition) is 11. The number of benzene rings is 2. The third-order valence-electron chi connectivity index (χ3n) is 11.2. The highest BCUT2D eigenvalue weighted by atomic mass is 16.6. The van der Waals surface area contributed by atoms with Gasteiger partial charge in [0, 0.05) is 30.4 Å². The van der Waals surface area contributed by atoms with Crippen LogP contribution in [0.4, 0.5) is 21.0 Å². The Hall–Kier alpha value is -5.26. The van der Waals surface area contributed by atoms with Crippen molar-refractivity contribution in [3.8, 4) is 0 Å². The van der Waals surface area contributed by atoms with Gasteiger partial charge in [-0.15, -0.1) is 0 Å². The first kappa shape index (κ1) is 62.8. The summed E-state index contributed by atoms with van der Waals surface area (Å²) in [6.07, 6.45) is 11.3. The molecule has 3 rings (SSSR count). The molecule has 0 aliphatic heterocycles. The second-order valence-corrected chi connectivity index (χ2v) is 20.6. The highest BCUT2D eigenvalue weighted by molar-refractivity contribution is 5.98. The van der Waals surface area contributed by atoms with Gasteiger partial charge in [0.15, 0.2) is 0 Å². The maximum Gasteiger partial charge on any atom is 0.407 e. The molecule has 17 heteroatoms. The number of anilines is 2. The Morgan fingerprint density at radius 3 is 1.17 bits per heavy atom. The lowest BCUT2D eigenvalue weighted by molar-refractivity contribution is -0.130. The average molecular weight is 984 g/mol. The molecule has 1 saturated carbocycles. The number of alkyl carbamates (subject to hydrolysis) is 2. The van der Waals surface area contributed by atoms with E-state index in [1.54, 1.807) is 90.1 Å². The SMILES string of the molecule is C1CCCCC1.CC(C)[C@H](C)C(=O)N[C@@H](CCCCNC(=O)OC(C)(C)C)C(=O)Nc1ccc(CO)cc1.CC(C)[C@H](N)C(=O)N[C@@H](CCCCNC(=O)OC(C)(C)C)C(=O)Nc1ccc(CO)cc1. The van der Waals surface area contributed by atoms with Crippen LogP contribution in [0.3, 0.4) is 0 Å². The highest BCUT2D eigenvalue weighted by Gasteiger charge is 2.27. The number of aliphatic hydroxyl groups is 2. The summed E-state index contributed by atoms with van der Waals surface area (Å²) in [6.45, 7) is 20.9. The van der Waals surface area contributed by atoms with E-state index < -0.39 is 41.5 Å². The topological polar surface area (TPSA) is 260 Å². The first-order valence-electron chi connectivity index (χ1n) is 25.2. The predicted molar refractivity (Wildman–Crippen MR) is 277 cm³/mol. The molecule has 0 saturated heterocycles. The number of nitrogens with two attached hydrogens (primary N) is 1. The molecule has 1 aliphatic carbocycles. The van der Waals surface area contributed by atoms with E-state index in [9.17, 15) is 28.8 Å². The van der Waals surface area contributed by atoms with Gasteiger partial charge in [0.1, 0.15) is 23.3 Å². The van der Waals surface area contributed by atoms with E-state index >= 15 is 0 Å². The fraction of sp³-hybridized carbons (Fsp3) is 0.660. The van der Waals surface area contributed by atoms with Gasteiger partial charge in [0.25, 0.3) is 0 Å². The van der Waals surface area contributed by atoms with Crippen molar-refractivity contribution in [1.82, 2.24) is 21.3 Å². The second-order valence-electron chi connectivity index (χ2n) is 20.6. The molecule has 0 bridgehead atoms. The maximum atomic E-state index is 12.9. The Morgan fingerprint density at radius 1 is 0.529 bits per heavy atom. The van der Waals surface area contributed by atoms with Crippen molar-refractivity contribution in [3.63, 3.8) is 0 Å². The molecule has 1 fully saturated rings. The normalized spacial score (nSPS) is 14.2. The lowest BCUT2D eigenvalue weighted by Crippen LogP contribution is -2.51. The van der Waals surface area contributed by atoms with Crippen LogP contribution < -0.4 is 37.6 Å². The molecule has 0 spiro atoms. The molecule has 17 nitrogen and oxygen atoms in total. The summed E-state index contributed by atoms with van der Waals surface area (Å²) in [4.78, 5) is 74.1. The summed E-state index contributed by atoms with van der Waals surface area (Å²) in [5.41, 5.74) is 7.43. The molecule has 396 valence electrons. The Balaban J connectivity index is 0.000000622. The lowest BCUT2D eigenvalue weighted by atomic mass is 9.96. The largest absolute Gasteiger partial charge is 0.444 e. The van der Waals surface area contributed by atoms with Gasteiger partial charge in [-0.25, -0.2) is 9.59 Å². The van der Waals surface area contributed by atoms with E-state index in [0.29, 0.717) is 63.0 Å². The van der Waals surface area contributed by atoms with E-state index in [1.807, 2.05) is 34.6 Å². The van der Waals surface area contributed by atoms with Gasteiger partial charge < -0.3 is 57.3 Å². The zero-order valence-electron chi connectivity index (χ0n) is 44.1. The van der Waals surface area contributed by atoms with Crippen molar-refractivity contribution in [2.75, 3.05) is 23.7 Å². The molecule has 0 radical (unpaired) electrons. The third-order valence-corrected chi connectivity index (χ3v) is 11.2. The lowest BCUT2D eigenvalue weighted by Gasteiger charge is -2.22. The number of aliphatic hydroxyl groups excluding tert-OH is 2. The molecule has 1 aliphatic rings. The zero-order valence-corrected chi connectivity index (χ0v) is 44.1. The van der Waals surface area contributed by atoms with Crippen molar-refractivity contribution in [2.45, 2.75) is 196 Å². The predicted octanol–water partition coefficient (Wildman–Crippen LogP) is 8.21. The summed E-state index contributed by atoms with van der Waals surface area (Å²) in [5, 5.41) is 34.9. The zero-order chi connectivity index (χ0) is 52.9. The van der Waals surface area contributed by atoms with Crippen LogP contribution in [-0.4, -0.2) is 88.4 Å². The van der Waals surface area contributed by atoms with Crippen LogP contribution in [0.2, 0.25) is 0 Å². The average Bonchev–Trinajstić information content (AvgIpc) is 3.30. The minimum atomic E-state index is -0.772. The van der Waals surface area contributed by atoms with E-state index in [1.165, 1.54) is 38.5 Å². The fourth-order valence-corrected chi connectivity index (χ4v) is 6.58. The van der Waals surface area contributed by atoms with Crippen molar-refractivity contribution in [1.29, 1.82) is 0 Å². The van der Waals surface area contributed by atoms with Crippen LogP contribution >= 0.6 is 0 Å². The van der Waals surface area contributed by atoms with Gasteiger partial charge >= 0.3 is 12.2 Å². The van der Waals surface area contributed by atoms with Gasteiger partial charge in [0.05, 0.1) is 19.3 Å². The third kappa shape index (κ3) is 29.0. The Bertz CT molecular complexity index is 1700. The Kier molecular flexibility index (Phi) is 29.9. The number of carbonyl (C=O) groups excluding carboxylic acids is 6. The van der Waals surface area contributed by atoms with Gasteiger partial charge in [-0.3, -0.25) is 19.2 Å². The number of rotatable bonds is 22. The molecule has 4 atom stereocenters. The van der Waals surface area contributed by atoms with E-state index in [0.717, 1.165) is 11.1 Å². The van der Waals surface area contributed by atoms with E-state index in [-0.39, 0.29) is 54.6 Å². The van der Waals surface area contributed by atoms with Crippen LogP contribution in [0, 0.1) is 17.8 Å². The molecule has 2 aromatic rings. The molecule has 6 amide bonds. The number of hydrogen-bond donors (Lipinski definition) is 9. The van der Waals surface area contributed by atoms with Gasteiger partial charge in [-0.1, -0.05) is 97.4 Å². The highest BCUT2D eigenvalue weighted by Crippen LogP contribution is 2.17. The number of carbonyl (C=O) groups is 6. The van der Waals surface area contributed by atoms with Crippen molar-refractivity contribution >= 4 is 47.2 Å². The first-order valence-corrected chi connectivity index (χ1v) is 25.2. The first-order chi connectivity index (χ1) is 32.8. The minimum Gasteiger partial charge on any atom is -0.444 e. The monoisotopic (exact) mass is 984 g/mol. The molecule has 0 aromatic heterocycles. The number of amides is 6. The van der Waals surface area contributed by atoms with E-state index in [4.69, 9.17) is 25.4 Å². The molecular formula is C53H89N7O10. The van der Waals surface area contributed by atoms with Gasteiger partial charge in [0.2, 0.25) is 23.6 Å². The smallest absolute Gasteiger partial charge is 0.407 e. The van der Waals surface area contributed by atoms with Crippen LogP contribution in [-0.2, 0) is 41.9 Å². The summed E-state index contributed by atoms with van der Waals surface area (Å²) in [5.74, 6) is -1.34. The van der Waals surface area contributed by atoms with Gasteiger partial charge in [-0.2, -0.15) is 0 Å². The number of unbranched alkanes of at least 4 members (excludes halogenated alkanes) is 2. The second kappa shape index (κ2) is 33.3. The standard InChI is InChI=1S/C24H39N3O5.C23H38N4O5.C6H12/c1-16(2)17(3)21(29)27-20(9-7-8-14-25-23(31)32-24(4,5)6)22(30)26-19-12-10-18(15-28)11-13-19;1-15(2)19(24)21(30)27-18(8-6-7-13-25-22(31)32-23(3,4)5)20(29)26-17-11-9-16(14-28)10-12-17;1-2-4-6-5-3-1/h10-13,16-17,20,28H,7-9,14-15H2,1-6H3,(H,25,31)(H,26,30)(H,27,29);9-12,15,18-19,28H,6-8,13-14,24H2,1-5H3,(H,25,31)(H,26,29)(H,27,30);1-6H2/t17-,20-;18-,19-;/m00./s1. The number of nitrogens with one attached hydrogen (secondary N) is 6. The molecule has 0 heterocycles. The van der Waals surface area contributed by atoms with Crippen molar-refractivity contribution in [2.24, 2.45) is 23.5 Å². The maximum absolute atomic E-state index is 12.9. The van der Waals surface area contributed by atoms with Crippen molar-refractivity contribution in [3.05, 3.63) is 59.7 Å². The Labute approximate surface area is 418 Å². The molecule has 2 aromatic carbocycles. The van der Waals surface area contributed by atoms with Gasteiger partial charge in [-0.05, 0) is 127 Å². The van der Waals surface area contributed by atoms with Crippen LogP contribution in [0.25, 0.3) is 0 Å². The Morgan fingerprint density at radius 2 is 0.871 bits per heavy atom. The fourth-order valence-electron chi connectivity index (χ4n) is 6.58. The quantitative estimate of drug-likeness (QED) is 0.0508. The van der Waals surface area contributed by atoms with Crippen LogP contribution in [0.1, 0.15) is 164 Å². The van der Waals surface area contributed by atoms with E-state index in [2.05, 4.69) is 31.9 Å². The van der Waals surface area contributed by atoms with Crippen LogP contribution in [0.15, 0.2) is 48.5 Å². The minimum absolute atomic E-state index is 0.0669. The molecule has 0 unspecified atom stereocenters. The summed E-state index contributed by atoms with van der Waals surface area (Å²) in [7, 11) is 0. The summed E-state index contributed by atoms with van der Waals surface area (Å²) in [6, 6.07) is 11.5. The molecule has 10 N–H and O–H groups in total. The molecule has 70 heavy (non-hydrogen) atoms. The summed E-state index contributed by atoms with van der Waals surface area (Å²) < 4.78 is 10.4. The number of ether oxygens (including phenoxy) is 2. The molecular weight excluding hydrogens is 895 g/mol.